The highest BCUT2D eigenvalue weighted by Gasteiger charge is 2.35. The topological polar surface area (TPSA) is 82.0 Å². The molecule has 0 spiro atoms. The smallest absolute Gasteiger partial charge is 0.227 e. The van der Waals surface area contributed by atoms with Gasteiger partial charge in [0.15, 0.2) is 11.6 Å². The van der Waals surface area contributed by atoms with Crippen molar-refractivity contribution < 1.29 is 9.32 Å². The van der Waals surface area contributed by atoms with Crippen LogP contribution in [0.4, 0.5) is 0 Å². The monoisotopic (exact) mass is 335 g/mol. The van der Waals surface area contributed by atoms with Crippen LogP contribution >= 0.6 is 12.4 Å². The second-order valence-corrected chi connectivity index (χ2v) is 6.16. The van der Waals surface area contributed by atoms with Gasteiger partial charge in [0.25, 0.3) is 0 Å². The highest BCUT2D eigenvalue weighted by Crippen LogP contribution is 2.34. The first-order chi connectivity index (χ1) is 10.6. The maximum atomic E-state index is 12.1. The molecule has 2 N–H and O–H groups in total. The molecule has 3 rings (SSSR count). The summed E-state index contributed by atoms with van der Waals surface area (Å²) in [6.45, 7) is 2.00. The van der Waals surface area contributed by atoms with E-state index >= 15 is 0 Å². The SMILES string of the molecule is Cc1ccc(C(=O)CCc2nc(C3(N)CCCC3)no2)cc1.Cl. The third kappa shape index (κ3) is 3.98. The Balaban J connectivity index is 0.00000192. The Morgan fingerprint density at radius 2 is 1.91 bits per heavy atom. The molecular weight excluding hydrogens is 314 g/mol. The van der Waals surface area contributed by atoms with E-state index in [1.807, 2.05) is 31.2 Å². The summed E-state index contributed by atoms with van der Waals surface area (Å²) in [5.41, 5.74) is 7.72. The Morgan fingerprint density at radius 3 is 2.57 bits per heavy atom. The first-order valence-corrected chi connectivity index (χ1v) is 7.79. The molecule has 0 atom stereocenters. The summed E-state index contributed by atoms with van der Waals surface area (Å²) >= 11 is 0. The van der Waals surface area contributed by atoms with Gasteiger partial charge in [0, 0.05) is 18.4 Å². The molecule has 0 radical (unpaired) electrons. The fraction of sp³-hybridized carbons (Fsp3) is 0.471. The molecule has 0 aliphatic heterocycles. The van der Waals surface area contributed by atoms with Gasteiger partial charge in [-0.1, -0.05) is 47.8 Å². The summed E-state index contributed by atoms with van der Waals surface area (Å²) in [7, 11) is 0. The lowest BCUT2D eigenvalue weighted by Crippen LogP contribution is -2.34. The maximum Gasteiger partial charge on any atom is 0.227 e. The van der Waals surface area contributed by atoms with E-state index in [9.17, 15) is 4.79 Å². The molecule has 0 saturated heterocycles. The van der Waals surface area contributed by atoms with Gasteiger partial charge in [0.1, 0.15) is 0 Å². The lowest BCUT2D eigenvalue weighted by atomic mass is 9.99. The van der Waals surface area contributed by atoms with Crippen LogP contribution in [0.25, 0.3) is 0 Å². The van der Waals surface area contributed by atoms with E-state index in [-0.39, 0.29) is 18.2 Å². The predicted molar refractivity (Wildman–Crippen MR) is 89.7 cm³/mol. The third-order valence-corrected chi connectivity index (χ3v) is 4.35. The van der Waals surface area contributed by atoms with E-state index in [1.165, 1.54) is 0 Å². The van der Waals surface area contributed by atoms with Crippen LogP contribution in [0.3, 0.4) is 0 Å². The third-order valence-electron chi connectivity index (χ3n) is 4.35. The van der Waals surface area contributed by atoms with Crippen LogP contribution in [0.5, 0.6) is 0 Å². The number of hydrogen-bond acceptors (Lipinski definition) is 5. The molecule has 1 aromatic carbocycles. The summed E-state index contributed by atoms with van der Waals surface area (Å²) < 4.78 is 5.25. The molecule has 6 heteroatoms. The van der Waals surface area contributed by atoms with Crippen LogP contribution in [0.1, 0.15) is 59.7 Å². The van der Waals surface area contributed by atoms with Crippen molar-refractivity contribution in [1.29, 1.82) is 0 Å². The van der Waals surface area contributed by atoms with E-state index in [0.717, 1.165) is 36.8 Å². The molecule has 1 heterocycles. The number of carbonyl (C=O) groups is 1. The van der Waals surface area contributed by atoms with Crippen LogP contribution in [0.2, 0.25) is 0 Å². The fourth-order valence-electron chi connectivity index (χ4n) is 2.89. The van der Waals surface area contributed by atoms with Gasteiger partial charge in [-0.3, -0.25) is 4.79 Å². The van der Waals surface area contributed by atoms with Crippen molar-refractivity contribution >= 4 is 18.2 Å². The average molecular weight is 336 g/mol. The Morgan fingerprint density at radius 1 is 1.26 bits per heavy atom. The largest absolute Gasteiger partial charge is 0.339 e. The summed E-state index contributed by atoms with van der Waals surface area (Å²) in [6, 6.07) is 7.58. The zero-order chi connectivity index (χ0) is 15.6. The number of nitrogens with zero attached hydrogens (tertiary/aromatic N) is 2. The van der Waals surface area contributed by atoms with E-state index in [0.29, 0.717) is 24.6 Å². The van der Waals surface area contributed by atoms with Crippen molar-refractivity contribution in [1.82, 2.24) is 10.1 Å². The van der Waals surface area contributed by atoms with Gasteiger partial charge in [-0.2, -0.15) is 4.98 Å². The number of halogens is 1. The average Bonchev–Trinajstić information content (AvgIpc) is 3.15. The van der Waals surface area contributed by atoms with Gasteiger partial charge in [0.05, 0.1) is 5.54 Å². The Labute approximate surface area is 142 Å². The lowest BCUT2D eigenvalue weighted by molar-refractivity contribution is 0.0979. The zero-order valence-corrected chi connectivity index (χ0v) is 14.1. The molecule has 1 aliphatic carbocycles. The molecule has 0 unspecified atom stereocenters. The van der Waals surface area contributed by atoms with Gasteiger partial charge < -0.3 is 10.3 Å². The quantitative estimate of drug-likeness (QED) is 0.847. The second-order valence-electron chi connectivity index (χ2n) is 6.16. The summed E-state index contributed by atoms with van der Waals surface area (Å²) in [6.07, 6.45) is 4.82. The molecule has 1 aromatic heterocycles. The Bertz CT molecular complexity index is 661. The van der Waals surface area contributed by atoms with E-state index in [2.05, 4.69) is 10.1 Å². The van der Waals surface area contributed by atoms with Gasteiger partial charge in [-0.15, -0.1) is 12.4 Å². The molecule has 1 fully saturated rings. The van der Waals surface area contributed by atoms with Crippen molar-refractivity contribution in [3.8, 4) is 0 Å². The minimum atomic E-state index is -0.442. The zero-order valence-electron chi connectivity index (χ0n) is 13.2. The molecule has 0 amide bonds. The molecular formula is C17H22ClN3O2. The summed E-state index contributed by atoms with van der Waals surface area (Å²) in [5, 5.41) is 4.01. The van der Waals surface area contributed by atoms with Crippen molar-refractivity contribution in [2.45, 2.75) is 51.0 Å². The normalized spacial score (nSPS) is 16.1. The minimum absolute atomic E-state index is 0. The van der Waals surface area contributed by atoms with Gasteiger partial charge in [0.2, 0.25) is 5.89 Å². The standard InChI is InChI=1S/C17H21N3O2.ClH/c1-12-4-6-13(7-5-12)14(21)8-9-15-19-16(20-22-15)17(18)10-2-3-11-17;/h4-7H,2-3,8-11,18H2,1H3;1H. The highest BCUT2D eigenvalue weighted by molar-refractivity contribution is 5.96. The van der Waals surface area contributed by atoms with Gasteiger partial charge in [-0.05, 0) is 19.8 Å². The van der Waals surface area contributed by atoms with Crippen molar-refractivity contribution in [3.63, 3.8) is 0 Å². The maximum absolute atomic E-state index is 12.1. The van der Waals surface area contributed by atoms with Gasteiger partial charge >= 0.3 is 0 Å². The first kappa shape index (κ1) is 17.6. The van der Waals surface area contributed by atoms with Crippen molar-refractivity contribution in [3.05, 3.63) is 47.1 Å². The second kappa shape index (κ2) is 7.23. The van der Waals surface area contributed by atoms with E-state index < -0.39 is 5.54 Å². The van der Waals surface area contributed by atoms with E-state index in [4.69, 9.17) is 10.3 Å². The molecule has 1 aliphatic rings. The number of Topliss-reactive ketones (excluding diaryl/α,β-unsaturated/α-hetero) is 1. The number of aromatic nitrogens is 2. The number of rotatable bonds is 5. The number of carbonyl (C=O) groups excluding carboxylic acids is 1. The summed E-state index contributed by atoms with van der Waals surface area (Å²) in [5.74, 6) is 1.16. The number of hydrogen-bond donors (Lipinski definition) is 1. The molecule has 2 aromatic rings. The van der Waals surface area contributed by atoms with Gasteiger partial charge in [-0.25, -0.2) is 0 Å². The lowest BCUT2D eigenvalue weighted by Gasteiger charge is -2.17. The van der Waals surface area contributed by atoms with Crippen LogP contribution in [0.15, 0.2) is 28.8 Å². The van der Waals surface area contributed by atoms with Crippen LogP contribution in [0, 0.1) is 6.92 Å². The number of benzene rings is 1. The van der Waals surface area contributed by atoms with Crippen molar-refractivity contribution in [2.75, 3.05) is 0 Å². The highest BCUT2D eigenvalue weighted by atomic mass is 35.5. The number of ketones is 1. The first-order valence-electron chi connectivity index (χ1n) is 7.79. The minimum Gasteiger partial charge on any atom is -0.339 e. The van der Waals surface area contributed by atoms with E-state index in [1.54, 1.807) is 0 Å². The molecule has 5 nitrogen and oxygen atoms in total. The van der Waals surface area contributed by atoms with Crippen molar-refractivity contribution in [2.24, 2.45) is 5.73 Å². The van der Waals surface area contributed by atoms with Crippen LogP contribution < -0.4 is 5.73 Å². The summed E-state index contributed by atoms with van der Waals surface area (Å²) in [4.78, 5) is 16.5. The Kier molecular flexibility index (Phi) is 5.55. The van der Waals surface area contributed by atoms with Crippen LogP contribution in [-0.2, 0) is 12.0 Å². The Hall–Kier alpha value is -1.72. The molecule has 0 bridgehead atoms. The molecule has 124 valence electrons. The molecule has 1 saturated carbocycles. The molecule has 23 heavy (non-hydrogen) atoms. The van der Waals surface area contributed by atoms with Crippen LogP contribution in [-0.4, -0.2) is 15.9 Å². The fourth-order valence-corrected chi connectivity index (χ4v) is 2.89. The number of nitrogens with two attached hydrogens (primary N) is 1. The predicted octanol–water partition coefficient (Wildman–Crippen LogP) is 3.34. The number of aryl methyl sites for hydroxylation is 2.